The summed E-state index contributed by atoms with van der Waals surface area (Å²) in [5, 5.41) is 8.14. The minimum atomic E-state index is -0.388. The van der Waals surface area contributed by atoms with Crippen LogP contribution in [0, 0.1) is 32.5 Å². The lowest BCUT2D eigenvalue weighted by molar-refractivity contribution is 0.166. The maximum Gasteiger partial charge on any atom is 0.227 e. The summed E-state index contributed by atoms with van der Waals surface area (Å²) in [6.45, 7) is 7.49. The standard InChI is InChI=1S/C15H18FN5O2/c1-8-12(16)13(18-9(2)17-8)21-4-11-5-22-7-15(11,6-21)14-20-19-10(3)23-14/h11H,4-7H2,1-3H3/t11-,15-/m0/s1. The van der Waals surface area contributed by atoms with Crippen molar-refractivity contribution in [1.82, 2.24) is 20.2 Å². The number of halogens is 1. The van der Waals surface area contributed by atoms with Crippen molar-refractivity contribution in [2.24, 2.45) is 5.92 Å². The molecule has 0 N–H and O–H groups in total. The number of hydrogen-bond donors (Lipinski definition) is 0. The Labute approximate surface area is 132 Å². The van der Waals surface area contributed by atoms with Crippen LogP contribution >= 0.6 is 0 Å². The highest BCUT2D eigenvalue weighted by Gasteiger charge is 2.56. The molecule has 2 aromatic rings. The van der Waals surface area contributed by atoms with Crippen molar-refractivity contribution in [3.63, 3.8) is 0 Å². The lowest BCUT2D eigenvalue weighted by Gasteiger charge is -2.24. The van der Waals surface area contributed by atoms with E-state index in [-0.39, 0.29) is 17.2 Å². The van der Waals surface area contributed by atoms with Gasteiger partial charge in [0.15, 0.2) is 11.6 Å². The summed E-state index contributed by atoms with van der Waals surface area (Å²) in [5.41, 5.74) is -0.0241. The van der Waals surface area contributed by atoms with Crippen molar-refractivity contribution in [2.45, 2.75) is 26.2 Å². The first-order valence-electron chi connectivity index (χ1n) is 7.63. The van der Waals surface area contributed by atoms with Crippen LogP contribution in [0.1, 0.15) is 23.3 Å². The van der Waals surface area contributed by atoms with Crippen molar-refractivity contribution in [3.05, 3.63) is 29.1 Å². The number of fused-ring (bicyclic) bond motifs is 1. The van der Waals surface area contributed by atoms with Gasteiger partial charge in [-0.2, -0.15) is 0 Å². The molecule has 0 unspecified atom stereocenters. The molecule has 4 rings (SSSR count). The maximum absolute atomic E-state index is 14.5. The van der Waals surface area contributed by atoms with Crippen LogP contribution in [0.5, 0.6) is 0 Å². The third-order valence-corrected chi connectivity index (χ3v) is 4.74. The van der Waals surface area contributed by atoms with Crippen LogP contribution in [0.2, 0.25) is 0 Å². The van der Waals surface area contributed by atoms with Gasteiger partial charge >= 0.3 is 0 Å². The van der Waals surface area contributed by atoms with Gasteiger partial charge in [-0.25, -0.2) is 14.4 Å². The molecule has 0 spiro atoms. The van der Waals surface area contributed by atoms with E-state index in [1.807, 2.05) is 4.90 Å². The maximum atomic E-state index is 14.5. The molecule has 7 nitrogen and oxygen atoms in total. The molecule has 4 heterocycles. The molecule has 2 aliphatic rings. The molecule has 0 aliphatic carbocycles. The molecule has 23 heavy (non-hydrogen) atoms. The largest absolute Gasteiger partial charge is 0.425 e. The second-order valence-corrected chi connectivity index (χ2v) is 6.37. The minimum Gasteiger partial charge on any atom is -0.425 e. The van der Waals surface area contributed by atoms with Gasteiger partial charge in [0.05, 0.1) is 24.3 Å². The summed E-state index contributed by atoms with van der Waals surface area (Å²) in [7, 11) is 0. The number of aromatic nitrogens is 4. The fourth-order valence-corrected chi connectivity index (χ4v) is 3.59. The zero-order valence-corrected chi connectivity index (χ0v) is 13.3. The van der Waals surface area contributed by atoms with Gasteiger partial charge in [-0.05, 0) is 13.8 Å². The molecule has 8 heteroatoms. The number of nitrogens with zero attached hydrogens (tertiary/aromatic N) is 5. The molecule has 2 aromatic heterocycles. The first kappa shape index (κ1) is 14.5. The summed E-state index contributed by atoms with van der Waals surface area (Å²) in [5.74, 6) is 1.82. The van der Waals surface area contributed by atoms with E-state index in [1.165, 1.54) is 0 Å². The predicted octanol–water partition coefficient (Wildman–Crippen LogP) is 1.33. The third kappa shape index (κ3) is 2.12. The lowest BCUT2D eigenvalue weighted by Crippen LogP contribution is -2.36. The van der Waals surface area contributed by atoms with E-state index < -0.39 is 0 Å². The quantitative estimate of drug-likeness (QED) is 0.826. The third-order valence-electron chi connectivity index (χ3n) is 4.74. The van der Waals surface area contributed by atoms with Crippen molar-refractivity contribution in [1.29, 1.82) is 0 Å². The summed E-state index contributed by atoms with van der Waals surface area (Å²) in [6, 6.07) is 0. The van der Waals surface area contributed by atoms with Gasteiger partial charge in [0.1, 0.15) is 5.82 Å². The van der Waals surface area contributed by atoms with E-state index in [2.05, 4.69) is 20.2 Å². The highest BCUT2D eigenvalue weighted by atomic mass is 19.1. The monoisotopic (exact) mass is 319 g/mol. The van der Waals surface area contributed by atoms with Crippen LogP contribution in [0.4, 0.5) is 10.2 Å². The SMILES string of the molecule is Cc1nc(C)c(F)c(N2C[C@H]3COC[C@@]3(c3nnc(C)o3)C2)n1. The Morgan fingerprint density at radius 3 is 2.78 bits per heavy atom. The van der Waals surface area contributed by atoms with E-state index in [0.717, 1.165) is 0 Å². The number of ether oxygens (including phenoxy) is 1. The Morgan fingerprint density at radius 2 is 2.04 bits per heavy atom. The fraction of sp³-hybridized carbons (Fsp3) is 0.600. The van der Waals surface area contributed by atoms with Crippen molar-refractivity contribution in [3.8, 4) is 0 Å². The number of rotatable bonds is 2. The number of hydrogen-bond acceptors (Lipinski definition) is 7. The van der Waals surface area contributed by atoms with Crippen molar-refractivity contribution in [2.75, 3.05) is 31.2 Å². The van der Waals surface area contributed by atoms with Crippen LogP contribution in [0.15, 0.2) is 4.42 Å². The van der Waals surface area contributed by atoms with Gasteiger partial charge in [0, 0.05) is 25.9 Å². The molecule has 2 atom stereocenters. The molecular formula is C15H18FN5O2. The van der Waals surface area contributed by atoms with Gasteiger partial charge in [-0.1, -0.05) is 0 Å². The van der Waals surface area contributed by atoms with Gasteiger partial charge < -0.3 is 14.1 Å². The minimum absolute atomic E-state index is 0.178. The Hall–Kier alpha value is -2.09. The summed E-state index contributed by atoms with van der Waals surface area (Å²) in [4.78, 5) is 10.3. The van der Waals surface area contributed by atoms with Crippen molar-refractivity contribution < 1.29 is 13.5 Å². The highest BCUT2D eigenvalue weighted by Crippen LogP contribution is 2.44. The summed E-state index contributed by atoms with van der Waals surface area (Å²) < 4.78 is 25.8. The van der Waals surface area contributed by atoms with Crippen LogP contribution in [0.25, 0.3) is 0 Å². The zero-order chi connectivity index (χ0) is 16.2. The van der Waals surface area contributed by atoms with E-state index in [4.69, 9.17) is 9.15 Å². The second kappa shape index (κ2) is 4.95. The molecule has 0 amide bonds. The first-order valence-corrected chi connectivity index (χ1v) is 7.63. The average molecular weight is 319 g/mol. The second-order valence-electron chi connectivity index (χ2n) is 6.37. The lowest BCUT2D eigenvalue weighted by atomic mass is 9.81. The van der Waals surface area contributed by atoms with Crippen LogP contribution < -0.4 is 4.90 Å². The molecule has 0 bridgehead atoms. The van der Waals surface area contributed by atoms with Crippen molar-refractivity contribution >= 4 is 5.82 Å². The van der Waals surface area contributed by atoms with Crippen LogP contribution in [0.3, 0.4) is 0 Å². The molecule has 0 aromatic carbocycles. The smallest absolute Gasteiger partial charge is 0.227 e. The van der Waals surface area contributed by atoms with Crippen LogP contribution in [-0.2, 0) is 10.2 Å². The molecule has 122 valence electrons. The number of aryl methyl sites for hydroxylation is 3. The molecular weight excluding hydrogens is 301 g/mol. The van der Waals surface area contributed by atoms with E-state index in [1.54, 1.807) is 20.8 Å². The Morgan fingerprint density at radius 1 is 1.22 bits per heavy atom. The molecule has 2 aliphatic heterocycles. The Bertz CT molecular complexity index is 764. The zero-order valence-electron chi connectivity index (χ0n) is 13.3. The predicted molar refractivity (Wildman–Crippen MR) is 78.7 cm³/mol. The highest BCUT2D eigenvalue weighted by molar-refractivity contribution is 5.46. The van der Waals surface area contributed by atoms with Gasteiger partial charge in [0.25, 0.3) is 0 Å². The number of anilines is 1. The Kier molecular flexibility index (Phi) is 3.12. The van der Waals surface area contributed by atoms with E-state index >= 15 is 0 Å². The molecule has 0 radical (unpaired) electrons. The molecule has 2 fully saturated rings. The molecule has 2 saturated heterocycles. The van der Waals surface area contributed by atoms with Crippen LogP contribution in [-0.4, -0.2) is 46.5 Å². The first-order chi connectivity index (χ1) is 11.0. The summed E-state index contributed by atoms with van der Waals surface area (Å²) in [6.07, 6.45) is 0. The topological polar surface area (TPSA) is 77.2 Å². The van der Waals surface area contributed by atoms with Gasteiger partial charge in [0.2, 0.25) is 11.8 Å². The fourth-order valence-electron chi connectivity index (χ4n) is 3.59. The van der Waals surface area contributed by atoms with E-state index in [9.17, 15) is 4.39 Å². The molecule has 0 saturated carbocycles. The van der Waals surface area contributed by atoms with Gasteiger partial charge in [-0.3, -0.25) is 0 Å². The average Bonchev–Trinajstić information content (AvgIpc) is 3.16. The van der Waals surface area contributed by atoms with Gasteiger partial charge in [-0.15, -0.1) is 10.2 Å². The summed E-state index contributed by atoms with van der Waals surface area (Å²) >= 11 is 0. The normalized spacial score (nSPS) is 26.8. The Balaban J connectivity index is 1.73. The van der Waals surface area contributed by atoms with E-state index in [0.29, 0.717) is 55.4 Å².